The smallest absolute Gasteiger partial charge is 0.257 e. The molecule has 2 amide bonds. The van der Waals surface area contributed by atoms with E-state index in [0.717, 1.165) is 12.2 Å². The number of amides is 2. The lowest BCUT2D eigenvalue weighted by Crippen LogP contribution is -2.51. The minimum Gasteiger partial charge on any atom is -0.466 e. The molecule has 1 aliphatic heterocycles. The van der Waals surface area contributed by atoms with Crippen LogP contribution in [0.25, 0.3) is 0 Å². The van der Waals surface area contributed by atoms with Crippen LogP contribution < -0.4 is 5.32 Å². The molecule has 0 spiro atoms. The van der Waals surface area contributed by atoms with Crippen molar-refractivity contribution in [2.75, 3.05) is 45.9 Å². The first kappa shape index (κ1) is 20.5. The molecule has 0 radical (unpaired) electrons. The van der Waals surface area contributed by atoms with Crippen molar-refractivity contribution in [2.45, 2.75) is 40.2 Å². The number of aryl methyl sites for hydroxylation is 2. The fourth-order valence-corrected chi connectivity index (χ4v) is 3.00. The van der Waals surface area contributed by atoms with E-state index in [1.807, 2.05) is 32.6 Å². The van der Waals surface area contributed by atoms with Crippen LogP contribution in [0.15, 0.2) is 10.5 Å². The fraction of sp³-hybridized carbons (Fsp3) is 0.684. The van der Waals surface area contributed by atoms with Gasteiger partial charge in [0, 0.05) is 39.3 Å². The van der Waals surface area contributed by atoms with Gasteiger partial charge >= 0.3 is 0 Å². The number of hydrogen-bond donors (Lipinski definition) is 1. The number of furan rings is 1. The molecule has 0 unspecified atom stereocenters. The first-order chi connectivity index (χ1) is 12.4. The molecule has 1 saturated heterocycles. The molecule has 0 atom stereocenters. The standard InChI is InChI=1S/C19H31N3O4/c1-14(2)25-11-5-6-20-18(23)13-21-7-9-22(10-8-21)19(24)17-12-15(3)26-16(17)4/h12,14H,5-11,13H2,1-4H3,(H,20,23). The van der Waals surface area contributed by atoms with Crippen molar-refractivity contribution in [3.8, 4) is 0 Å². The number of rotatable bonds is 8. The second-order valence-electron chi connectivity index (χ2n) is 7.02. The van der Waals surface area contributed by atoms with Gasteiger partial charge in [-0.15, -0.1) is 0 Å². The van der Waals surface area contributed by atoms with Crippen LogP contribution in [0.4, 0.5) is 0 Å². The van der Waals surface area contributed by atoms with Crippen LogP contribution in [-0.4, -0.2) is 73.6 Å². The summed E-state index contributed by atoms with van der Waals surface area (Å²) in [6, 6.07) is 1.79. The quantitative estimate of drug-likeness (QED) is 0.708. The number of ether oxygens (including phenoxy) is 1. The summed E-state index contributed by atoms with van der Waals surface area (Å²) in [4.78, 5) is 28.5. The average Bonchev–Trinajstić information content (AvgIpc) is 2.92. The number of nitrogens with zero attached hydrogens (tertiary/aromatic N) is 2. The molecule has 1 aliphatic rings. The molecule has 146 valence electrons. The van der Waals surface area contributed by atoms with Gasteiger partial charge in [0.05, 0.1) is 18.2 Å². The van der Waals surface area contributed by atoms with Gasteiger partial charge in [-0.1, -0.05) is 0 Å². The van der Waals surface area contributed by atoms with Crippen molar-refractivity contribution in [3.63, 3.8) is 0 Å². The summed E-state index contributed by atoms with van der Waals surface area (Å²) in [6.45, 7) is 12.0. The highest BCUT2D eigenvalue weighted by atomic mass is 16.5. The van der Waals surface area contributed by atoms with E-state index in [4.69, 9.17) is 9.15 Å². The first-order valence-electron chi connectivity index (χ1n) is 9.33. The minimum absolute atomic E-state index is 0.00797. The Balaban J connectivity index is 1.67. The molecule has 0 aromatic carbocycles. The van der Waals surface area contributed by atoms with Crippen molar-refractivity contribution < 1.29 is 18.7 Å². The molecule has 1 aromatic rings. The maximum Gasteiger partial charge on any atom is 0.257 e. The van der Waals surface area contributed by atoms with E-state index in [1.165, 1.54) is 0 Å². The second kappa shape index (κ2) is 9.73. The maximum absolute atomic E-state index is 12.6. The Labute approximate surface area is 155 Å². The topological polar surface area (TPSA) is 75.0 Å². The Bertz CT molecular complexity index is 604. The zero-order valence-electron chi connectivity index (χ0n) is 16.3. The van der Waals surface area contributed by atoms with Crippen molar-refractivity contribution in [1.29, 1.82) is 0 Å². The normalized spacial score (nSPS) is 15.5. The van der Waals surface area contributed by atoms with Crippen LogP contribution in [0, 0.1) is 13.8 Å². The molecule has 1 aromatic heterocycles. The van der Waals surface area contributed by atoms with Gasteiger partial charge in [-0.25, -0.2) is 0 Å². The fourth-order valence-electron chi connectivity index (χ4n) is 3.00. The van der Waals surface area contributed by atoms with Crippen LogP contribution in [0.3, 0.4) is 0 Å². The number of nitrogens with one attached hydrogen (secondary N) is 1. The number of piperazine rings is 1. The Kier molecular flexibility index (Phi) is 7.66. The monoisotopic (exact) mass is 365 g/mol. The van der Waals surface area contributed by atoms with Gasteiger partial charge in [-0.05, 0) is 40.2 Å². The first-order valence-corrected chi connectivity index (χ1v) is 9.33. The molecule has 1 N–H and O–H groups in total. The predicted molar refractivity (Wildman–Crippen MR) is 99.2 cm³/mol. The van der Waals surface area contributed by atoms with E-state index >= 15 is 0 Å². The zero-order valence-corrected chi connectivity index (χ0v) is 16.3. The molecule has 7 nitrogen and oxygen atoms in total. The predicted octanol–water partition coefficient (Wildman–Crippen LogP) is 1.59. The van der Waals surface area contributed by atoms with Crippen LogP contribution in [0.2, 0.25) is 0 Å². The Morgan fingerprint density at radius 3 is 2.50 bits per heavy atom. The molecule has 2 rings (SSSR count). The summed E-state index contributed by atoms with van der Waals surface area (Å²) in [6.07, 6.45) is 1.04. The van der Waals surface area contributed by atoms with Gasteiger partial charge in [-0.2, -0.15) is 0 Å². The van der Waals surface area contributed by atoms with E-state index < -0.39 is 0 Å². The highest BCUT2D eigenvalue weighted by Crippen LogP contribution is 2.17. The number of carbonyl (C=O) groups is 2. The van der Waals surface area contributed by atoms with Crippen LogP contribution >= 0.6 is 0 Å². The van der Waals surface area contributed by atoms with Crippen molar-refractivity contribution in [1.82, 2.24) is 15.1 Å². The molecular formula is C19H31N3O4. The molecule has 1 fully saturated rings. The average molecular weight is 365 g/mol. The summed E-state index contributed by atoms with van der Waals surface area (Å²) in [7, 11) is 0. The van der Waals surface area contributed by atoms with E-state index in [1.54, 1.807) is 6.07 Å². The molecule has 0 saturated carbocycles. The minimum atomic E-state index is 0.00797. The Hall–Kier alpha value is -1.86. The summed E-state index contributed by atoms with van der Waals surface area (Å²) >= 11 is 0. The second-order valence-corrected chi connectivity index (χ2v) is 7.02. The largest absolute Gasteiger partial charge is 0.466 e. The lowest BCUT2D eigenvalue weighted by Gasteiger charge is -2.34. The van der Waals surface area contributed by atoms with E-state index in [9.17, 15) is 9.59 Å². The summed E-state index contributed by atoms with van der Waals surface area (Å²) in [5, 5.41) is 2.92. The van der Waals surface area contributed by atoms with E-state index in [2.05, 4.69) is 10.2 Å². The van der Waals surface area contributed by atoms with Gasteiger partial charge in [-0.3, -0.25) is 14.5 Å². The summed E-state index contributed by atoms with van der Waals surface area (Å²) in [5.74, 6) is 1.44. The van der Waals surface area contributed by atoms with Crippen molar-refractivity contribution >= 4 is 11.8 Å². The molecule has 26 heavy (non-hydrogen) atoms. The third-order valence-corrected chi connectivity index (χ3v) is 4.39. The highest BCUT2D eigenvalue weighted by Gasteiger charge is 2.25. The lowest BCUT2D eigenvalue weighted by atomic mass is 10.2. The zero-order chi connectivity index (χ0) is 19.1. The number of carbonyl (C=O) groups excluding carboxylic acids is 2. The third kappa shape index (κ3) is 6.14. The molecule has 0 aliphatic carbocycles. The SMILES string of the molecule is Cc1cc(C(=O)N2CCN(CC(=O)NCCCOC(C)C)CC2)c(C)o1. The highest BCUT2D eigenvalue weighted by molar-refractivity contribution is 5.95. The van der Waals surface area contributed by atoms with Gasteiger partial charge in [0.1, 0.15) is 11.5 Å². The number of hydrogen-bond acceptors (Lipinski definition) is 5. The van der Waals surface area contributed by atoms with Crippen LogP contribution in [0.1, 0.15) is 42.1 Å². The Morgan fingerprint density at radius 1 is 1.23 bits per heavy atom. The van der Waals surface area contributed by atoms with Gasteiger partial charge in [0.2, 0.25) is 5.91 Å². The van der Waals surface area contributed by atoms with Gasteiger partial charge in [0.15, 0.2) is 0 Å². The van der Waals surface area contributed by atoms with Crippen LogP contribution in [0.5, 0.6) is 0 Å². The molecule has 2 heterocycles. The maximum atomic E-state index is 12.6. The summed E-state index contributed by atoms with van der Waals surface area (Å²) < 4.78 is 10.9. The van der Waals surface area contributed by atoms with Crippen molar-refractivity contribution in [2.24, 2.45) is 0 Å². The van der Waals surface area contributed by atoms with E-state index in [0.29, 0.717) is 57.2 Å². The molecule has 7 heteroatoms. The Morgan fingerprint density at radius 2 is 1.92 bits per heavy atom. The summed E-state index contributed by atoms with van der Waals surface area (Å²) in [5.41, 5.74) is 0.636. The van der Waals surface area contributed by atoms with Gasteiger partial charge in [0.25, 0.3) is 5.91 Å². The van der Waals surface area contributed by atoms with Gasteiger partial charge < -0.3 is 19.4 Å². The molecule has 0 bridgehead atoms. The van der Waals surface area contributed by atoms with Crippen molar-refractivity contribution in [3.05, 3.63) is 23.2 Å². The molecular weight excluding hydrogens is 334 g/mol. The lowest BCUT2D eigenvalue weighted by molar-refractivity contribution is -0.122. The van der Waals surface area contributed by atoms with Crippen LogP contribution in [-0.2, 0) is 9.53 Å². The third-order valence-electron chi connectivity index (χ3n) is 4.39. The van der Waals surface area contributed by atoms with E-state index in [-0.39, 0.29) is 17.9 Å².